The van der Waals surface area contributed by atoms with Crippen LogP contribution in [0.2, 0.25) is 0 Å². The van der Waals surface area contributed by atoms with Crippen LogP contribution < -0.4 is 5.32 Å². The second kappa shape index (κ2) is 5.58. The molecule has 106 valence electrons. The highest BCUT2D eigenvalue weighted by Gasteiger charge is 2.34. The number of nitrogens with zero attached hydrogens (tertiary/aromatic N) is 1. The van der Waals surface area contributed by atoms with Crippen molar-refractivity contribution >= 4 is 5.91 Å². The maximum atomic E-state index is 13.7. The molecule has 0 aromatic heterocycles. The van der Waals surface area contributed by atoms with E-state index < -0.39 is 23.1 Å². The molecular weight excluding hydrogens is 262 g/mol. The highest BCUT2D eigenvalue weighted by Crippen LogP contribution is 2.28. The van der Waals surface area contributed by atoms with Gasteiger partial charge in [-0.1, -0.05) is 19.3 Å². The van der Waals surface area contributed by atoms with E-state index in [1.165, 1.54) is 13.0 Å². The molecule has 0 atom stereocenters. The number of amides is 1. The third kappa shape index (κ3) is 2.79. The molecule has 0 bridgehead atoms. The minimum Gasteiger partial charge on any atom is -0.334 e. The lowest BCUT2D eigenvalue weighted by molar-refractivity contribution is 0.0898. The average molecular weight is 278 g/mol. The van der Waals surface area contributed by atoms with Crippen LogP contribution in [0, 0.1) is 29.9 Å². The van der Waals surface area contributed by atoms with Crippen molar-refractivity contribution in [2.75, 3.05) is 0 Å². The summed E-state index contributed by atoms with van der Waals surface area (Å²) >= 11 is 0. The Morgan fingerprint density at radius 1 is 1.25 bits per heavy atom. The molecule has 0 aliphatic heterocycles. The molecule has 0 saturated heterocycles. The fourth-order valence-electron chi connectivity index (χ4n) is 2.54. The average Bonchev–Trinajstić information content (AvgIpc) is 2.43. The van der Waals surface area contributed by atoms with Gasteiger partial charge in [0.1, 0.15) is 17.2 Å². The maximum Gasteiger partial charge on any atom is 0.255 e. The molecule has 1 amide bonds. The van der Waals surface area contributed by atoms with Crippen molar-refractivity contribution in [3.63, 3.8) is 0 Å². The highest BCUT2D eigenvalue weighted by molar-refractivity contribution is 5.95. The minimum absolute atomic E-state index is 0.200. The van der Waals surface area contributed by atoms with Crippen molar-refractivity contribution < 1.29 is 13.6 Å². The highest BCUT2D eigenvalue weighted by atomic mass is 19.1. The van der Waals surface area contributed by atoms with Gasteiger partial charge in [-0.3, -0.25) is 4.79 Å². The molecule has 0 spiro atoms. The molecule has 20 heavy (non-hydrogen) atoms. The SMILES string of the molecule is Cc1cc(C(=O)NC2(C#N)CCCCC2)c(F)cc1F. The molecule has 0 radical (unpaired) electrons. The monoisotopic (exact) mass is 278 g/mol. The van der Waals surface area contributed by atoms with E-state index >= 15 is 0 Å². The summed E-state index contributed by atoms with van der Waals surface area (Å²) in [7, 11) is 0. The normalized spacial score (nSPS) is 17.3. The standard InChI is InChI=1S/C15H16F2N2O/c1-10-7-11(13(17)8-12(10)16)14(20)19-15(9-18)5-3-2-4-6-15/h7-8H,2-6H2,1H3,(H,19,20). The molecule has 2 rings (SSSR count). The lowest BCUT2D eigenvalue weighted by atomic mass is 9.82. The second-order valence-corrected chi connectivity index (χ2v) is 5.29. The summed E-state index contributed by atoms with van der Waals surface area (Å²) in [6, 6.07) is 4.01. The Morgan fingerprint density at radius 2 is 1.90 bits per heavy atom. The number of hydrogen-bond acceptors (Lipinski definition) is 2. The fraction of sp³-hybridized carbons (Fsp3) is 0.467. The fourth-order valence-corrected chi connectivity index (χ4v) is 2.54. The summed E-state index contributed by atoms with van der Waals surface area (Å²) in [4.78, 5) is 12.1. The van der Waals surface area contributed by atoms with Gasteiger partial charge in [-0.05, 0) is 31.4 Å². The van der Waals surface area contributed by atoms with Crippen molar-refractivity contribution in [1.82, 2.24) is 5.32 Å². The number of carbonyl (C=O) groups excluding carboxylic acids is 1. The predicted molar refractivity (Wildman–Crippen MR) is 70.0 cm³/mol. The number of aryl methyl sites for hydroxylation is 1. The Hall–Kier alpha value is -1.96. The number of halogens is 2. The molecule has 1 aromatic rings. The summed E-state index contributed by atoms with van der Waals surface area (Å²) in [5.41, 5.74) is -0.945. The lowest BCUT2D eigenvalue weighted by Crippen LogP contribution is -2.48. The zero-order chi connectivity index (χ0) is 14.8. The first-order chi connectivity index (χ1) is 9.47. The Morgan fingerprint density at radius 3 is 2.50 bits per heavy atom. The summed E-state index contributed by atoms with van der Waals surface area (Å²) in [5.74, 6) is -2.25. The zero-order valence-electron chi connectivity index (χ0n) is 11.3. The van der Waals surface area contributed by atoms with Crippen LogP contribution in [0.1, 0.15) is 48.0 Å². The molecule has 1 aliphatic rings. The second-order valence-electron chi connectivity index (χ2n) is 5.29. The number of hydrogen-bond donors (Lipinski definition) is 1. The first-order valence-corrected chi connectivity index (χ1v) is 6.67. The van der Waals surface area contributed by atoms with Gasteiger partial charge < -0.3 is 5.32 Å². The lowest BCUT2D eigenvalue weighted by Gasteiger charge is -2.31. The van der Waals surface area contributed by atoms with Crippen LogP contribution in [-0.4, -0.2) is 11.4 Å². The smallest absolute Gasteiger partial charge is 0.255 e. The number of nitrogens with one attached hydrogen (secondary N) is 1. The van der Waals surface area contributed by atoms with Crippen LogP contribution in [-0.2, 0) is 0 Å². The van der Waals surface area contributed by atoms with Crippen LogP contribution in [0.3, 0.4) is 0 Å². The van der Waals surface area contributed by atoms with Gasteiger partial charge >= 0.3 is 0 Å². The van der Waals surface area contributed by atoms with Crippen molar-refractivity contribution in [1.29, 1.82) is 5.26 Å². The van der Waals surface area contributed by atoms with E-state index in [2.05, 4.69) is 11.4 Å². The van der Waals surface area contributed by atoms with Gasteiger partial charge in [-0.2, -0.15) is 5.26 Å². The Labute approximate surface area is 116 Å². The van der Waals surface area contributed by atoms with Crippen molar-refractivity contribution in [3.05, 3.63) is 34.9 Å². The molecular formula is C15H16F2N2O. The van der Waals surface area contributed by atoms with Gasteiger partial charge in [0, 0.05) is 6.07 Å². The minimum atomic E-state index is -0.927. The van der Waals surface area contributed by atoms with E-state index in [1.807, 2.05) is 0 Å². The topological polar surface area (TPSA) is 52.9 Å². The van der Waals surface area contributed by atoms with Crippen molar-refractivity contribution in [3.8, 4) is 6.07 Å². The Balaban J connectivity index is 2.24. The summed E-state index contributed by atoms with van der Waals surface area (Å²) in [6.07, 6.45) is 3.88. The molecule has 1 N–H and O–H groups in total. The zero-order valence-corrected chi connectivity index (χ0v) is 11.3. The van der Waals surface area contributed by atoms with Gasteiger partial charge in [-0.15, -0.1) is 0 Å². The molecule has 3 nitrogen and oxygen atoms in total. The van der Waals surface area contributed by atoms with Crippen LogP contribution in [0.4, 0.5) is 8.78 Å². The van der Waals surface area contributed by atoms with E-state index in [0.29, 0.717) is 18.9 Å². The quantitative estimate of drug-likeness (QED) is 0.903. The van der Waals surface area contributed by atoms with Gasteiger partial charge in [-0.25, -0.2) is 8.78 Å². The Bertz CT molecular complexity index is 572. The van der Waals surface area contributed by atoms with Crippen LogP contribution in [0.5, 0.6) is 0 Å². The van der Waals surface area contributed by atoms with Gasteiger partial charge in [0.05, 0.1) is 11.6 Å². The van der Waals surface area contributed by atoms with Gasteiger partial charge in [0.2, 0.25) is 0 Å². The van der Waals surface area contributed by atoms with Crippen molar-refractivity contribution in [2.45, 2.75) is 44.6 Å². The number of benzene rings is 1. The molecule has 0 heterocycles. The molecule has 1 fully saturated rings. The van der Waals surface area contributed by atoms with E-state index in [9.17, 15) is 18.8 Å². The van der Waals surface area contributed by atoms with Crippen LogP contribution in [0.15, 0.2) is 12.1 Å². The molecule has 0 unspecified atom stereocenters. The number of nitriles is 1. The molecule has 1 saturated carbocycles. The Kier molecular flexibility index (Phi) is 4.03. The summed E-state index contributed by atoms with van der Waals surface area (Å²) in [6.45, 7) is 1.46. The first kappa shape index (κ1) is 14.4. The summed E-state index contributed by atoms with van der Waals surface area (Å²) < 4.78 is 26.9. The first-order valence-electron chi connectivity index (χ1n) is 6.67. The van der Waals surface area contributed by atoms with Crippen LogP contribution >= 0.6 is 0 Å². The molecule has 1 aromatic carbocycles. The van der Waals surface area contributed by atoms with E-state index in [1.54, 1.807) is 0 Å². The van der Waals surface area contributed by atoms with E-state index in [4.69, 9.17) is 0 Å². The van der Waals surface area contributed by atoms with Gasteiger partial charge in [0.25, 0.3) is 5.91 Å². The number of carbonyl (C=O) groups is 1. The van der Waals surface area contributed by atoms with E-state index in [0.717, 1.165) is 19.3 Å². The third-order valence-corrected chi connectivity index (χ3v) is 3.77. The van der Waals surface area contributed by atoms with Crippen molar-refractivity contribution in [2.24, 2.45) is 0 Å². The molecule has 1 aliphatic carbocycles. The molecule has 5 heteroatoms. The largest absolute Gasteiger partial charge is 0.334 e. The van der Waals surface area contributed by atoms with Gasteiger partial charge in [0.15, 0.2) is 0 Å². The van der Waals surface area contributed by atoms with E-state index in [-0.39, 0.29) is 11.1 Å². The predicted octanol–water partition coefficient (Wildman–Crippen LogP) is 3.23. The summed E-state index contributed by atoms with van der Waals surface area (Å²) in [5, 5.41) is 11.9. The maximum absolute atomic E-state index is 13.7. The van der Waals surface area contributed by atoms with Crippen LogP contribution in [0.25, 0.3) is 0 Å². The number of rotatable bonds is 2. The third-order valence-electron chi connectivity index (χ3n) is 3.77.